The third-order valence-corrected chi connectivity index (χ3v) is 7.08. The van der Waals surface area contributed by atoms with Gasteiger partial charge in [0.25, 0.3) is 0 Å². The zero-order valence-corrected chi connectivity index (χ0v) is 17.6. The zero-order chi connectivity index (χ0) is 18.6. The highest BCUT2D eigenvalue weighted by Crippen LogP contribution is 2.35. The molecule has 3 nitrogen and oxygen atoms in total. The average Bonchev–Trinajstić information content (AvgIpc) is 3.16. The Labute approximate surface area is 172 Å². The molecule has 144 valence electrons. The first kappa shape index (κ1) is 18.9. The second-order valence-corrected chi connectivity index (χ2v) is 9.25. The summed E-state index contributed by atoms with van der Waals surface area (Å²) in [4.78, 5) is 4.25. The van der Waals surface area contributed by atoms with E-state index in [-0.39, 0.29) is 0 Å². The molecule has 0 amide bonds. The van der Waals surface area contributed by atoms with Gasteiger partial charge >= 0.3 is 0 Å². The minimum Gasteiger partial charge on any atom is -0.360 e. The Balaban J connectivity index is 1.33. The summed E-state index contributed by atoms with van der Waals surface area (Å²) in [6, 6.07) is 14.9. The van der Waals surface area contributed by atoms with Crippen LogP contribution in [0.15, 0.2) is 41.8 Å². The molecule has 2 bridgehead atoms. The van der Waals surface area contributed by atoms with Gasteiger partial charge in [0.1, 0.15) is 0 Å². The molecule has 2 N–H and O–H groups in total. The first-order chi connectivity index (χ1) is 13.2. The Hall–Kier alpha value is -1.43. The normalized spacial score (nSPS) is 25.1. The number of hydrogen-bond donors (Lipinski definition) is 2. The van der Waals surface area contributed by atoms with E-state index in [4.69, 9.17) is 12.2 Å². The number of hydrogen-bond acceptors (Lipinski definition) is 3. The van der Waals surface area contributed by atoms with Crippen LogP contribution < -0.4 is 10.6 Å². The number of anilines is 1. The third kappa shape index (κ3) is 4.71. The highest BCUT2D eigenvalue weighted by molar-refractivity contribution is 7.80. The van der Waals surface area contributed by atoms with Crippen LogP contribution in [0.4, 0.5) is 5.69 Å². The summed E-state index contributed by atoms with van der Waals surface area (Å²) in [5.74, 6) is 0. The predicted octanol–water partition coefficient (Wildman–Crippen LogP) is 5.18. The highest BCUT2D eigenvalue weighted by atomic mass is 32.1. The summed E-state index contributed by atoms with van der Waals surface area (Å²) in [7, 11) is 0. The maximum Gasteiger partial charge on any atom is 0.170 e. The van der Waals surface area contributed by atoms with Crippen LogP contribution in [0.2, 0.25) is 0 Å². The predicted molar refractivity (Wildman–Crippen MR) is 119 cm³/mol. The molecule has 0 aliphatic carbocycles. The van der Waals surface area contributed by atoms with Crippen LogP contribution in [0, 0.1) is 0 Å². The maximum atomic E-state index is 5.60. The summed E-state index contributed by atoms with van der Waals surface area (Å²) >= 11 is 7.48. The van der Waals surface area contributed by atoms with Gasteiger partial charge in [0.2, 0.25) is 0 Å². The van der Waals surface area contributed by atoms with E-state index >= 15 is 0 Å². The Morgan fingerprint density at radius 2 is 1.89 bits per heavy atom. The summed E-state index contributed by atoms with van der Waals surface area (Å²) in [5.41, 5.74) is 2.42. The van der Waals surface area contributed by atoms with Crippen molar-refractivity contribution in [3.8, 4) is 0 Å². The van der Waals surface area contributed by atoms with E-state index in [1.807, 2.05) is 11.3 Å². The van der Waals surface area contributed by atoms with Gasteiger partial charge in [-0.2, -0.15) is 0 Å². The van der Waals surface area contributed by atoms with Crippen molar-refractivity contribution in [2.24, 2.45) is 0 Å². The minimum absolute atomic E-state index is 0.481. The fourth-order valence-corrected chi connectivity index (χ4v) is 5.61. The number of fused-ring (bicyclic) bond motifs is 2. The summed E-state index contributed by atoms with van der Waals surface area (Å²) in [6.45, 7) is 3.29. The number of nitrogens with zero attached hydrogens (tertiary/aromatic N) is 1. The van der Waals surface area contributed by atoms with Gasteiger partial charge in [0.15, 0.2) is 5.11 Å². The van der Waals surface area contributed by atoms with Gasteiger partial charge in [-0.3, -0.25) is 4.90 Å². The third-order valence-electron chi connectivity index (χ3n) is 6.00. The molecule has 2 aliphatic rings. The van der Waals surface area contributed by atoms with Gasteiger partial charge in [0, 0.05) is 35.2 Å². The van der Waals surface area contributed by atoms with Crippen molar-refractivity contribution in [1.82, 2.24) is 10.2 Å². The van der Waals surface area contributed by atoms with E-state index in [1.54, 1.807) is 0 Å². The number of piperidine rings is 2. The molecule has 5 heteroatoms. The Morgan fingerprint density at radius 3 is 2.52 bits per heavy atom. The van der Waals surface area contributed by atoms with Gasteiger partial charge in [0.05, 0.1) is 0 Å². The molecule has 2 aromatic rings. The van der Waals surface area contributed by atoms with Gasteiger partial charge in [-0.15, -0.1) is 11.3 Å². The molecular formula is C22H29N3S2. The van der Waals surface area contributed by atoms with E-state index < -0.39 is 0 Å². The van der Waals surface area contributed by atoms with Gasteiger partial charge in [-0.25, -0.2) is 0 Å². The standard InChI is InChI=1S/C22H29N3S2/c1-2-16-8-10-17(11-9-16)23-22(26)24-18-13-19-5-3-6-20(14-18)25(19)15-21-7-4-12-27-21/h4,7-12,18-20H,2-3,5-6,13-15H2,1H3,(H2,23,24,26)/t19-,20-/m1/s1. The van der Waals surface area contributed by atoms with Crippen molar-refractivity contribution in [3.05, 3.63) is 52.2 Å². The fraction of sp³-hybridized carbons (Fsp3) is 0.500. The van der Waals surface area contributed by atoms with Crippen LogP contribution in [0.25, 0.3) is 0 Å². The minimum atomic E-state index is 0.481. The largest absolute Gasteiger partial charge is 0.360 e. The number of nitrogens with one attached hydrogen (secondary N) is 2. The lowest BCUT2D eigenvalue weighted by molar-refractivity contribution is 0.0220. The van der Waals surface area contributed by atoms with Gasteiger partial charge in [-0.1, -0.05) is 31.5 Å². The molecule has 27 heavy (non-hydrogen) atoms. The summed E-state index contributed by atoms with van der Waals surface area (Å²) in [5, 5.41) is 9.91. The van der Waals surface area contributed by atoms with Gasteiger partial charge in [-0.05, 0) is 73.5 Å². The van der Waals surface area contributed by atoms with Crippen molar-refractivity contribution < 1.29 is 0 Å². The Morgan fingerprint density at radius 1 is 1.15 bits per heavy atom. The van der Waals surface area contributed by atoms with Crippen LogP contribution in [0.1, 0.15) is 49.5 Å². The number of rotatable bonds is 5. The molecular weight excluding hydrogens is 370 g/mol. The molecule has 0 radical (unpaired) electrons. The molecule has 0 unspecified atom stereocenters. The molecule has 4 rings (SSSR count). The molecule has 0 spiro atoms. The van der Waals surface area contributed by atoms with E-state index in [2.05, 4.69) is 64.2 Å². The van der Waals surface area contributed by atoms with Crippen LogP contribution in [0.5, 0.6) is 0 Å². The fourth-order valence-electron chi connectivity index (χ4n) is 4.61. The number of thiophene rings is 1. The Kier molecular flexibility index (Phi) is 6.11. The molecule has 1 aromatic heterocycles. The van der Waals surface area contributed by atoms with Crippen molar-refractivity contribution >= 4 is 34.4 Å². The van der Waals surface area contributed by atoms with Crippen LogP contribution in [-0.4, -0.2) is 28.1 Å². The summed E-state index contributed by atoms with van der Waals surface area (Å²) < 4.78 is 0. The summed E-state index contributed by atoms with van der Waals surface area (Å²) in [6.07, 6.45) is 7.46. The number of aryl methyl sites for hydroxylation is 1. The quantitative estimate of drug-likeness (QED) is 0.677. The topological polar surface area (TPSA) is 27.3 Å². The van der Waals surface area contributed by atoms with E-state index in [0.29, 0.717) is 18.1 Å². The lowest BCUT2D eigenvalue weighted by Gasteiger charge is -2.49. The van der Waals surface area contributed by atoms with Crippen molar-refractivity contribution in [3.63, 3.8) is 0 Å². The highest BCUT2D eigenvalue weighted by Gasteiger charge is 2.38. The second-order valence-electron chi connectivity index (χ2n) is 7.81. The molecule has 0 saturated carbocycles. The monoisotopic (exact) mass is 399 g/mol. The lowest BCUT2D eigenvalue weighted by Crippen LogP contribution is -2.56. The molecule has 3 heterocycles. The molecule has 2 fully saturated rings. The molecule has 2 saturated heterocycles. The van der Waals surface area contributed by atoms with Crippen LogP contribution in [0.3, 0.4) is 0 Å². The first-order valence-electron chi connectivity index (χ1n) is 10.2. The van der Waals surface area contributed by atoms with Crippen molar-refractivity contribution in [1.29, 1.82) is 0 Å². The number of thiocarbonyl (C=S) groups is 1. The van der Waals surface area contributed by atoms with E-state index in [1.165, 1.54) is 42.5 Å². The second kappa shape index (κ2) is 8.72. The van der Waals surface area contributed by atoms with E-state index in [0.717, 1.165) is 23.8 Å². The van der Waals surface area contributed by atoms with Gasteiger partial charge < -0.3 is 10.6 Å². The molecule has 1 aromatic carbocycles. The molecule has 2 atom stereocenters. The van der Waals surface area contributed by atoms with Crippen LogP contribution >= 0.6 is 23.6 Å². The lowest BCUT2D eigenvalue weighted by atomic mass is 9.81. The maximum absolute atomic E-state index is 5.60. The van der Waals surface area contributed by atoms with Crippen LogP contribution in [-0.2, 0) is 13.0 Å². The Bertz CT molecular complexity index is 727. The zero-order valence-electron chi connectivity index (χ0n) is 16.0. The SMILES string of the molecule is CCc1ccc(NC(=S)NC2C[C@H]3CCC[C@H](C2)N3Cc2cccs2)cc1. The first-order valence-corrected chi connectivity index (χ1v) is 11.4. The average molecular weight is 400 g/mol. The number of benzene rings is 1. The van der Waals surface area contributed by atoms with Crippen molar-refractivity contribution in [2.75, 3.05) is 5.32 Å². The van der Waals surface area contributed by atoms with E-state index in [9.17, 15) is 0 Å². The van der Waals surface area contributed by atoms with Crippen molar-refractivity contribution in [2.45, 2.75) is 70.1 Å². The molecule has 2 aliphatic heterocycles. The smallest absolute Gasteiger partial charge is 0.170 e.